The summed E-state index contributed by atoms with van der Waals surface area (Å²) in [6, 6.07) is 0. The molecular weight excluding hydrogens is 564 g/mol. The maximum atomic E-state index is 12.5. The first kappa shape index (κ1) is 42.4. The molecule has 0 aromatic heterocycles. The van der Waals surface area contributed by atoms with E-state index < -0.39 is 0 Å². The monoisotopic (exact) mass is 643 g/mol. The number of hydrogen-bond acceptors (Lipinski definition) is 4. The van der Waals surface area contributed by atoms with Crippen molar-refractivity contribution in [2.24, 2.45) is 16.1 Å². The highest BCUT2D eigenvalue weighted by Crippen LogP contribution is 2.19. The second kappa shape index (κ2) is 32.0. The molecule has 1 unspecified atom stereocenters. The van der Waals surface area contributed by atoms with Crippen LogP contribution in [0.1, 0.15) is 194 Å². The molecule has 46 heavy (non-hydrogen) atoms. The largest absolute Gasteiger partial charge is 0.373 e. The van der Waals surface area contributed by atoms with Gasteiger partial charge in [0, 0.05) is 37.9 Å². The molecule has 0 radical (unpaired) electrons. The molecule has 4 N–H and O–H groups in total. The second-order valence-electron chi connectivity index (χ2n) is 14.3. The van der Waals surface area contributed by atoms with Crippen LogP contribution in [0.3, 0.4) is 0 Å². The number of nitrogens with zero attached hydrogens (tertiary/aromatic N) is 1. The van der Waals surface area contributed by atoms with E-state index in [0.717, 1.165) is 31.6 Å². The minimum absolute atomic E-state index is 0.161. The molecule has 0 bridgehead atoms. The Bertz CT molecular complexity index is 776. The Labute approximate surface area is 286 Å². The van der Waals surface area contributed by atoms with Gasteiger partial charge in [0.15, 0.2) is 0 Å². The lowest BCUT2D eigenvalue weighted by atomic mass is 9.86. The van der Waals surface area contributed by atoms with E-state index in [1.807, 2.05) is 0 Å². The maximum Gasteiger partial charge on any atom is 0.220 e. The molecule has 0 fully saturated rings. The molecule has 0 spiro atoms. The Morgan fingerprint density at radius 1 is 0.674 bits per heavy atom. The molecule has 1 heterocycles. The Hall–Kier alpha value is -1.62. The van der Waals surface area contributed by atoms with Crippen molar-refractivity contribution in [1.82, 2.24) is 10.6 Å². The summed E-state index contributed by atoms with van der Waals surface area (Å²) in [6.07, 6.45) is 45.0. The zero-order valence-electron chi connectivity index (χ0n) is 30.9. The van der Waals surface area contributed by atoms with E-state index in [2.05, 4.69) is 48.8 Å². The number of carbonyl (C=O) groups is 1. The van der Waals surface area contributed by atoms with Crippen LogP contribution in [0.5, 0.6) is 0 Å². The molecule has 1 aliphatic heterocycles. The summed E-state index contributed by atoms with van der Waals surface area (Å²) in [7, 11) is 0. The average Bonchev–Trinajstić information content (AvgIpc) is 3.08. The molecule has 0 saturated carbocycles. The molecule has 0 saturated heterocycles. The van der Waals surface area contributed by atoms with Crippen LogP contribution in [0.4, 0.5) is 0 Å². The van der Waals surface area contributed by atoms with Gasteiger partial charge in [-0.1, -0.05) is 141 Å². The highest BCUT2D eigenvalue weighted by molar-refractivity contribution is 5.83. The third kappa shape index (κ3) is 25.5. The van der Waals surface area contributed by atoms with Gasteiger partial charge in [-0.2, -0.15) is 0 Å². The number of allylic oxidation sites excluding steroid dienone is 4. The van der Waals surface area contributed by atoms with Crippen LogP contribution in [0.25, 0.3) is 0 Å². The predicted molar refractivity (Wildman–Crippen MR) is 204 cm³/mol. The molecule has 0 aromatic carbocycles. The van der Waals surface area contributed by atoms with Gasteiger partial charge in [0.05, 0.1) is 12.4 Å². The fraction of sp³-hybridized carbons (Fsp3) is 0.854. The maximum absolute atomic E-state index is 12.5. The van der Waals surface area contributed by atoms with Gasteiger partial charge in [0.2, 0.25) is 5.91 Å². The first-order chi connectivity index (χ1) is 22.7. The van der Waals surface area contributed by atoms with Crippen molar-refractivity contribution >= 4 is 11.7 Å². The van der Waals surface area contributed by atoms with Gasteiger partial charge in [0.25, 0.3) is 0 Å². The van der Waals surface area contributed by atoms with Crippen molar-refractivity contribution in [3.05, 3.63) is 24.3 Å². The summed E-state index contributed by atoms with van der Waals surface area (Å²) < 4.78 is 0. The van der Waals surface area contributed by atoms with E-state index in [-0.39, 0.29) is 11.3 Å². The third-order valence-corrected chi connectivity index (χ3v) is 9.71. The van der Waals surface area contributed by atoms with Gasteiger partial charge in [-0.15, -0.1) is 0 Å². The quantitative estimate of drug-likeness (QED) is 0.0492. The van der Waals surface area contributed by atoms with Gasteiger partial charge in [-0.3, -0.25) is 9.79 Å². The molecule has 268 valence electrons. The van der Waals surface area contributed by atoms with E-state index in [0.29, 0.717) is 26.1 Å². The Morgan fingerprint density at radius 3 is 1.54 bits per heavy atom. The Kier molecular flexibility index (Phi) is 29.5. The van der Waals surface area contributed by atoms with Crippen LogP contribution in [-0.2, 0) is 4.79 Å². The lowest BCUT2D eigenvalue weighted by molar-refractivity contribution is -0.121. The zero-order chi connectivity index (χ0) is 33.2. The molecule has 1 amide bonds. The number of aliphatic imine (C=N–C) groups is 1. The summed E-state index contributed by atoms with van der Waals surface area (Å²) in [5.74, 6) is 1.29. The molecule has 1 rings (SSSR count). The lowest BCUT2D eigenvalue weighted by Crippen LogP contribution is -2.54. The van der Waals surface area contributed by atoms with Gasteiger partial charge in [-0.25, -0.2) is 0 Å². The predicted octanol–water partition coefficient (Wildman–Crippen LogP) is 11.1. The van der Waals surface area contributed by atoms with Crippen molar-refractivity contribution in [2.45, 2.75) is 194 Å². The van der Waals surface area contributed by atoms with E-state index in [1.54, 1.807) is 0 Å². The first-order valence-electron chi connectivity index (χ1n) is 20.2. The number of amides is 1. The summed E-state index contributed by atoms with van der Waals surface area (Å²) in [5.41, 5.74) is 6.01. The van der Waals surface area contributed by atoms with Crippen LogP contribution in [0.2, 0.25) is 0 Å². The van der Waals surface area contributed by atoms with E-state index in [4.69, 9.17) is 10.7 Å². The van der Waals surface area contributed by atoms with Crippen LogP contribution in [-0.4, -0.2) is 37.9 Å². The van der Waals surface area contributed by atoms with Gasteiger partial charge < -0.3 is 16.4 Å². The van der Waals surface area contributed by atoms with Crippen molar-refractivity contribution in [3.63, 3.8) is 0 Å². The van der Waals surface area contributed by atoms with Crippen molar-refractivity contribution in [1.29, 1.82) is 0 Å². The summed E-state index contributed by atoms with van der Waals surface area (Å²) >= 11 is 0. The summed E-state index contributed by atoms with van der Waals surface area (Å²) in [4.78, 5) is 17.3. The normalized spacial score (nSPS) is 16.7. The summed E-state index contributed by atoms with van der Waals surface area (Å²) in [6.45, 7) is 7.23. The fourth-order valence-corrected chi connectivity index (χ4v) is 6.25. The summed E-state index contributed by atoms with van der Waals surface area (Å²) in [5, 5.41) is 6.71. The molecule has 0 aliphatic carbocycles. The van der Waals surface area contributed by atoms with Crippen LogP contribution in [0, 0.1) is 5.41 Å². The molecule has 1 atom stereocenters. The minimum atomic E-state index is -0.162. The van der Waals surface area contributed by atoms with Gasteiger partial charge in [-0.05, 0) is 64.2 Å². The average molecular weight is 643 g/mol. The van der Waals surface area contributed by atoms with Crippen LogP contribution in [0.15, 0.2) is 29.3 Å². The van der Waals surface area contributed by atoms with Gasteiger partial charge >= 0.3 is 0 Å². The number of amidine groups is 1. The number of nitrogens with two attached hydrogens (primary N) is 1. The van der Waals surface area contributed by atoms with Crippen LogP contribution >= 0.6 is 0 Å². The van der Waals surface area contributed by atoms with Crippen LogP contribution < -0.4 is 16.4 Å². The Balaban J connectivity index is 1.99. The molecule has 0 aromatic rings. The number of carbonyl (C=O) groups excluding carboxylic acids is 1. The standard InChI is InChI=1S/C41H78N4O/c1-3-5-7-9-11-13-15-17-19-21-23-25-27-29-31-33-39-43-36-41(35-42,37-44-39)38-45-40(46)34-32-30-28-26-24-22-20-18-16-14-12-10-8-6-4-2/h17-20H,3-16,21-38,42H2,1-2H3,(H,43,44)(H,45,46). The number of rotatable bonds is 33. The molecule has 5 heteroatoms. The molecule has 5 nitrogen and oxygen atoms in total. The first-order valence-corrected chi connectivity index (χ1v) is 20.2. The number of nitrogens with one attached hydrogen (secondary N) is 2. The van der Waals surface area contributed by atoms with E-state index in [1.165, 1.54) is 154 Å². The minimum Gasteiger partial charge on any atom is -0.373 e. The topological polar surface area (TPSA) is 79.5 Å². The van der Waals surface area contributed by atoms with E-state index >= 15 is 0 Å². The third-order valence-electron chi connectivity index (χ3n) is 9.71. The van der Waals surface area contributed by atoms with Crippen molar-refractivity contribution < 1.29 is 4.79 Å². The van der Waals surface area contributed by atoms with Crippen molar-refractivity contribution in [3.8, 4) is 0 Å². The second-order valence-corrected chi connectivity index (χ2v) is 14.3. The molecule has 1 aliphatic rings. The fourth-order valence-electron chi connectivity index (χ4n) is 6.25. The highest BCUT2D eigenvalue weighted by atomic mass is 16.1. The number of hydrogen-bond donors (Lipinski definition) is 3. The lowest BCUT2D eigenvalue weighted by Gasteiger charge is -2.35. The SMILES string of the molecule is CCCCCCCCC=CCCCCCCCC(=O)NCC1(CN)CN=C(CCCCCCCC=CCCCCCCCC)NC1. The Morgan fingerprint density at radius 2 is 1.11 bits per heavy atom. The molecular formula is C41H78N4O. The van der Waals surface area contributed by atoms with Crippen molar-refractivity contribution in [2.75, 3.05) is 26.2 Å². The number of unbranched alkanes of at least 4 members (excludes halogenated alkanes) is 22. The smallest absolute Gasteiger partial charge is 0.220 e. The zero-order valence-corrected chi connectivity index (χ0v) is 30.9. The van der Waals surface area contributed by atoms with E-state index in [9.17, 15) is 4.79 Å². The van der Waals surface area contributed by atoms with Gasteiger partial charge in [0.1, 0.15) is 0 Å². The highest BCUT2D eigenvalue weighted by Gasteiger charge is 2.32.